The van der Waals surface area contributed by atoms with E-state index in [1.807, 2.05) is 0 Å². The highest BCUT2D eigenvalue weighted by Gasteiger charge is 2.21. The quantitative estimate of drug-likeness (QED) is 0.360. The highest BCUT2D eigenvalue weighted by molar-refractivity contribution is 9.09. The van der Waals surface area contributed by atoms with Crippen molar-refractivity contribution in [3.8, 4) is 0 Å². The molecule has 86 valence electrons. The fourth-order valence-corrected chi connectivity index (χ4v) is 1.67. The van der Waals surface area contributed by atoms with Gasteiger partial charge >= 0.3 is 0 Å². The Hall–Kier alpha value is -1.02. The van der Waals surface area contributed by atoms with Gasteiger partial charge in [-0.25, -0.2) is 0 Å². The molecule has 0 aromatic heterocycles. The lowest BCUT2D eigenvalue weighted by atomic mass is 10.1. The van der Waals surface area contributed by atoms with Crippen molar-refractivity contribution in [1.82, 2.24) is 0 Å². The number of hydrogen-bond acceptors (Lipinski definition) is 4. The van der Waals surface area contributed by atoms with Gasteiger partial charge in [-0.2, -0.15) is 0 Å². The van der Waals surface area contributed by atoms with E-state index in [0.717, 1.165) is 0 Å². The maximum atomic E-state index is 10.5. The van der Waals surface area contributed by atoms with Crippen molar-refractivity contribution < 1.29 is 9.85 Å². The number of nitro groups is 2. The Balaban J connectivity index is 2.91. The van der Waals surface area contributed by atoms with Crippen LogP contribution in [0.1, 0.15) is 21.0 Å². The summed E-state index contributed by atoms with van der Waals surface area (Å²) < 4.78 is 0. The molecule has 0 amide bonds. The summed E-state index contributed by atoms with van der Waals surface area (Å²) in [5.41, 5.74) is 0.883. The van der Waals surface area contributed by atoms with Gasteiger partial charge < -0.3 is 0 Å². The van der Waals surface area contributed by atoms with E-state index >= 15 is 0 Å². The fraction of sp³-hybridized carbons (Fsp3) is 0.250. The van der Waals surface area contributed by atoms with E-state index < -0.39 is 19.7 Å². The molecule has 1 rings (SSSR count). The van der Waals surface area contributed by atoms with Crippen LogP contribution in [0.15, 0.2) is 24.3 Å². The van der Waals surface area contributed by atoms with Gasteiger partial charge in [-0.15, -0.1) is 0 Å². The highest BCUT2D eigenvalue weighted by atomic mass is 79.9. The minimum atomic E-state index is -0.995. The molecule has 0 N–H and O–H groups in total. The van der Waals surface area contributed by atoms with Crippen molar-refractivity contribution in [3.63, 3.8) is 0 Å². The summed E-state index contributed by atoms with van der Waals surface area (Å²) in [6.45, 7) is 0. The van der Waals surface area contributed by atoms with E-state index in [2.05, 4.69) is 31.9 Å². The maximum Gasteiger partial charge on any atom is 0.290 e. The minimum Gasteiger partial charge on any atom is -0.263 e. The molecule has 0 fully saturated rings. The van der Waals surface area contributed by atoms with Crippen LogP contribution in [0.4, 0.5) is 0 Å². The van der Waals surface area contributed by atoms with Crippen LogP contribution in [0.25, 0.3) is 0 Å². The Labute approximate surface area is 107 Å². The molecule has 0 bridgehead atoms. The number of benzene rings is 1. The van der Waals surface area contributed by atoms with Crippen molar-refractivity contribution in [2.45, 2.75) is 9.90 Å². The number of hydrogen-bond donors (Lipinski definition) is 0. The Bertz CT molecular complexity index is 370. The second-order valence-electron chi connectivity index (χ2n) is 2.91. The van der Waals surface area contributed by atoms with Gasteiger partial charge in [-0.1, -0.05) is 24.3 Å². The van der Waals surface area contributed by atoms with Gasteiger partial charge in [0.05, 0.1) is 0 Å². The molecule has 1 aromatic rings. The average molecular weight is 354 g/mol. The maximum absolute atomic E-state index is 10.5. The molecule has 0 saturated carbocycles. The zero-order chi connectivity index (χ0) is 12.3. The average Bonchev–Trinajstić information content (AvgIpc) is 2.27. The molecular weight excluding hydrogens is 348 g/mol. The van der Waals surface area contributed by atoms with Crippen LogP contribution in [0, 0.1) is 20.2 Å². The highest BCUT2D eigenvalue weighted by Crippen LogP contribution is 2.27. The third-order valence-electron chi connectivity index (χ3n) is 1.86. The molecule has 0 aliphatic rings. The van der Waals surface area contributed by atoms with Crippen molar-refractivity contribution in [2.75, 3.05) is 0 Å². The second-order valence-corrected chi connectivity index (χ2v) is 4.64. The van der Waals surface area contributed by atoms with Crippen molar-refractivity contribution in [1.29, 1.82) is 0 Å². The first kappa shape index (κ1) is 13.0. The summed E-state index contributed by atoms with van der Waals surface area (Å²) in [6.07, 6.45) is 0. The lowest BCUT2D eigenvalue weighted by Crippen LogP contribution is -2.05. The lowest BCUT2D eigenvalue weighted by Gasteiger charge is -2.05. The Morgan fingerprint density at radius 1 is 0.875 bits per heavy atom. The molecule has 2 unspecified atom stereocenters. The van der Waals surface area contributed by atoms with Crippen LogP contribution in [-0.2, 0) is 0 Å². The first-order chi connectivity index (χ1) is 7.43. The summed E-state index contributed by atoms with van der Waals surface area (Å²) >= 11 is 5.79. The number of rotatable bonds is 4. The van der Waals surface area contributed by atoms with Crippen LogP contribution in [-0.4, -0.2) is 9.85 Å². The molecule has 0 aliphatic heterocycles. The van der Waals surface area contributed by atoms with Crippen molar-refractivity contribution in [3.05, 3.63) is 55.6 Å². The largest absolute Gasteiger partial charge is 0.290 e. The number of nitrogens with zero attached hydrogens (tertiary/aromatic N) is 2. The van der Waals surface area contributed by atoms with Crippen molar-refractivity contribution >= 4 is 31.9 Å². The Morgan fingerprint density at radius 3 is 1.31 bits per heavy atom. The standard InChI is InChI=1S/C8H6Br2N2O4/c9-7(11(13)14)5-1-2-6(4-3-5)8(10)12(15)16/h1-4,7-8H. The summed E-state index contributed by atoms with van der Waals surface area (Å²) in [7, 11) is 0. The molecular formula is C8H6Br2N2O4. The van der Waals surface area contributed by atoms with Gasteiger partial charge in [0.1, 0.15) is 0 Å². The smallest absolute Gasteiger partial charge is 0.263 e. The van der Waals surface area contributed by atoms with Crippen LogP contribution >= 0.6 is 31.9 Å². The van der Waals surface area contributed by atoms with E-state index in [1.54, 1.807) is 0 Å². The van der Waals surface area contributed by atoms with Crippen LogP contribution in [0.3, 0.4) is 0 Å². The van der Waals surface area contributed by atoms with Gasteiger partial charge in [0.15, 0.2) is 0 Å². The Kier molecular flexibility index (Phi) is 4.36. The molecule has 0 saturated heterocycles. The van der Waals surface area contributed by atoms with Gasteiger partial charge in [-0.05, 0) is 0 Å². The van der Waals surface area contributed by atoms with Crippen molar-refractivity contribution in [2.24, 2.45) is 0 Å². The van der Waals surface area contributed by atoms with Gasteiger partial charge in [0, 0.05) is 52.8 Å². The SMILES string of the molecule is O=[N+]([O-])C(Br)c1ccc(C(Br)[N+](=O)[O-])cc1. The van der Waals surface area contributed by atoms with E-state index in [4.69, 9.17) is 0 Å². The third-order valence-corrected chi connectivity index (χ3v) is 3.58. The molecule has 8 heteroatoms. The molecule has 0 spiro atoms. The zero-order valence-corrected chi connectivity index (χ0v) is 10.9. The number of halogens is 2. The van der Waals surface area contributed by atoms with E-state index in [0.29, 0.717) is 11.1 Å². The first-order valence-electron chi connectivity index (χ1n) is 4.08. The predicted molar refractivity (Wildman–Crippen MR) is 63.8 cm³/mol. The molecule has 0 aliphatic carbocycles. The summed E-state index contributed by atoms with van der Waals surface area (Å²) in [6, 6.07) is 5.93. The number of alkyl halides is 2. The predicted octanol–water partition coefficient (Wildman–Crippen LogP) is 3.03. The molecule has 0 heterocycles. The van der Waals surface area contributed by atoms with Gasteiger partial charge in [0.2, 0.25) is 0 Å². The van der Waals surface area contributed by atoms with E-state index in [9.17, 15) is 20.2 Å². The molecule has 2 atom stereocenters. The molecule has 6 nitrogen and oxygen atoms in total. The van der Waals surface area contributed by atoms with Crippen LogP contribution < -0.4 is 0 Å². The van der Waals surface area contributed by atoms with Crippen LogP contribution in [0.2, 0.25) is 0 Å². The monoisotopic (exact) mass is 352 g/mol. The summed E-state index contributed by atoms with van der Waals surface area (Å²) in [4.78, 5) is 18.0. The summed E-state index contributed by atoms with van der Waals surface area (Å²) in [5.74, 6) is 0. The van der Waals surface area contributed by atoms with Gasteiger partial charge in [-0.3, -0.25) is 20.2 Å². The van der Waals surface area contributed by atoms with E-state index in [1.165, 1.54) is 24.3 Å². The topological polar surface area (TPSA) is 86.3 Å². The van der Waals surface area contributed by atoms with Gasteiger partial charge in [0.25, 0.3) is 9.90 Å². The Morgan fingerprint density at radius 2 is 1.12 bits per heavy atom. The molecule has 0 radical (unpaired) electrons. The normalized spacial score (nSPS) is 14.1. The fourth-order valence-electron chi connectivity index (χ4n) is 1.06. The molecule has 16 heavy (non-hydrogen) atoms. The minimum absolute atomic E-state index is 0.441. The second kappa shape index (κ2) is 5.35. The van der Waals surface area contributed by atoms with Crippen LogP contribution in [0.5, 0.6) is 0 Å². The van der Waals surface area contributed by atoms with E-state index in [-0.39, 0.29) is 0 Å². The first-order valence-corrected chi connectivity index (χ1v) is 5.91. The summed E-state index contributed by atoms with van der Waals surface area (Å²) in [5, 5.41) is 20.9. The molecule has 1 aromatic carbocycles. The zero-order valence-electron chi connectivity index (χ0n) is 7.75. The lowest BCUT2D eigenvalue weighted by molar-refractivity contribution is -0.498. The third kappa shape index (κ3) is 2.99.